The average Bonchev–Trinajstić information content (AvgIpc) is 2.22. The van der Waals surface area contributed by atoms with Crippen molar-refractivity contribution in [1.29, 1.82) is 0 Å². The van der Waals surface area contributed by atoms with Crippen LogP contribution in [0.15, 0.2) is 0 Å². The molecule has 1 rings (SSSR count). The molecular weight excluding hydrogens is 417 g/mol. The topological polar surface area (TPSA) is 42.3 Å². The van der Waals surface area contributed by atoms with Crippen molar-refractivity contribution in [2.45, 2.75) is 97.8 Å². The smallest absolute Gasteiger partial charge is 0.668 e. The van der Waals surface area contributed by atoms with Crippen LogP contribution >= 0.6 is 0 Å². The number of hydrogen-bond donors (Lipinski definition) is 0. The second-order valence-electron chi connectivity index (χ2n) is 10.6. The van der Waals surface area contributed by atoms with Crippen LogP contribution in [-0.4, -0.2) is 46.0 Å². The maximum absolute atomic E-state index is 4.82. The fourth-order valence-electron chi connectivity index (χ4n) is 2.75. The molecule has 25 heavy (non-hydrogen) atoms. The van der Waals surface area contributed by atoms with Crippen LogP contribution in [0.2, 0.25) is 78.6 Å². The van der Waals surface area contributed by atoms with Gasteiger partial charge in [-0.15, -0.1) is 13.1 Å². The van der Waals surface area contributed by atoms with Gasteiger partial charge in [-0.2, -0.15) is 0 Å². The molecule has 1 saturated heterocycles. The van der Waals surface area contributed by atoms with Crippen LogP contribution in [0.1, 0.15) is 19.3 Å². The first-order valence-electron chi connectivity index (χ1n) is 9.53. The summed E-state index contributed by atoms with van der Waals surface area (Å²) in [5.74, 6) is 0. The molecule has 3 nitrogen and oxygen atoms in total. The van der Waals surface area contributed by atoms with Gasteiger partial charge in [0.15, 0.2) is 0 Å². The first-order valence-corrected chi connectivity index (χ1v) is 23.3. The van der Waals surface area contributed by atoms with Crippen LogP contribution in [0, 0.1) is 0 Å². The minimum Gasteiger partial charge on any atom is -0.668 e. The number of piperidine rings is 1. The average molecular weight is 464 g/mol. The van der Waals surface area contributed by atoms with E-state index in [-0.39, 0.29) is 16.8 Å². The Balaban J connectivity index is -0.000000289. The Hall–Kier alpha value is 1.25. The normalized spacial score (nSPS) is 15.8. The maximum atomic E-state index is 4.82. The van der Waals surface area contributed by atoms with Crippen LogP contribution in [0.3, 0.4) is 0 Å². The minimum atomic E-state index is -1.11. The molecule has 0 radical (unpaired) electrons. The fraction of sp³-hybridized carbons (Fsp3) is 1.00. The predicted molar refractivity (Wildman–Crippen MR) is 127 cm³/mol. The van der Waals surface area contributed by atoms with Gasteiger partial charge >= 0.3 is 16.8 Å². The third kappa shape index (κ3) is 36.8. The van der Waals surface area contributed by atoms with E-state index in [2.05, 4.69) is 83.9 Å². The van der Waals surface area contributed by atoms with Gasteiger partial charge in [0, 0.05) is 0 Å². The zero-order valence-electron chi connectivity index (χ0n) is 19.2. The van der Waals surface area contributed by atoms with Crippen molar-refractivity contribution in [3.63, 3.8) is 0 Å². The van der Waals surface area contributed by atoms with Crippen molar-refractivity contribution < 1.29 is 16.8 Å². The van der Waals surface area contributed by atoms with E-state index in [0.29, 0.717) is 0 Å². The van der Waals surface area contributed by atoms with Gasteiger partial charge in [0.2, 0.25) is 0 Å². The van der Waals surface area contributed by atoms with Gasteiger partial charge in [-0.1, -0.05) is 131 Å². The molecule has 8 heteroatoms. The molecule has 0 aromatic heterocycles. The molecular formula is C17H46CoN3Si4. The SMILES string of the molecule is C1CC[N-]CC1.C[Si](C)(C)[N-][Si](C)(C)C.C[Si](C)(C)[N-][Si](C)(C)C.[Co+3]. The Bertz CT molecular complexity index is 250. The van der Waals surface area contributed by atoms with E-state index in [1.54, 1.807) is 0 Å². The van der Waals surface area contributed by atoms with Gasteiger partial charge < -0.3 is 14.6 Å². The van der Waals surface area contributed by atoms with E-state index in [1.807, 2.05) is 0 Å². The summed E-state index contributed by atoms with van der Waals surface area (Å²) in [4.78, 5) is 0. The molecule has 1 aliphatic rings. The second kappa shape index (κ2) is 13.4. The molecule has 0 bridgehead atoms. The standard InChI is InChI=1S/2C6H18NSi2.C5H10N.Co/c2*1-8(2,3)7-9(4,5)6;1-2-4-6-5-3-1;/h2*1-6H3;1-5H2;/q3*-1;+3. The monoisotopic (exact) mass is 463 g/mol. The Morgan fingerprint density at radius 1 is 0.480 bits per heavy atom. The fourth-order valence-corrected chi connectivity index (χ4v) is 18.8. The summed E-state index contributed by atoms with van der Waals surface area (Å²) in [7, 11) is -4.42. The number of rotatable bonds is 4. The zero-order valence-corrected chi connectivity index (χ0v) is 24.3. The largest absolute Gasteiger partial charge is 3.00 e. The summed E-state index contributed by atoms with van der Waals surface area (Å²) in [6.45, 7) is 29.8. The van der Waals surface area contributed by atoms with Crippen LogP contribution in [0.5, 0.6) is 0 Å². The Morgan fingerprint density at radius 2 is 0.720 bits per heavy atom. The van der Waals surface area contributed by atoms with Crippen LogP contribution in [0.4, 0.5) is 0 Å². The molecule has 0 aromatic rings. The van der Waals surface area contributed by atoms with Crippen LogP contribution in [-0.2, 0) is 16.8 Å². The summed E-state index contributed by atoms with van der Waals surface area (Å²) >= 11 is 0. The molecule has 0 spiro atoms. The van der Waals surface area contributed by atoms with Gasteiger partial charge in [-0.3, -0.25) is 0 Å². The Labute approximate surface area is 174 Å². The third-order valence-electron chi connectivity index (χ3n) is 2.47. The maximum Gasteiger partial charge on any atom is 3.00 e. The first-order chi connectivity index (χ1) is 10.4. The van der Waals surface area contributed by atoms with E-state index >= 15 is 0 Å². The molecule has 0 atom stereocenters. The summed E-state index contributed by atoms with van der Waals surface area (Å²) in [6, 6.07) is 0. The van der Waals surface area contributed by atoms with Crippen molar-refractivity contribution in [2.75, 3.05) is 13.1 Å². The van der Waals surface area contributed by atoms with Crippen molar-refractivity contribution >= 4 is 32.9 Å². The van der Waals surface area contributed by atoms with Gasteiger partial charge in [-0.05, 0) is 0 Å². The molecule has 0 unspecified atom stereocenters. The molecule has 0 N–H and O–H groups in total. The summed E-state index contributed by atoms with van der Waals surface area (Å²) in [5, 5.41) is 4.18. The summed E-state index contributed by atoms with van der Waals surface area (Å²) in [6.07, 6.45) is 4.07. The van der Waals surface area contributed by atoms with Crippen LogP contribution in [0.25, 0.3) is 14.6 Å². The summed E-state index contributed by atoms with van der Waals surface area (Å²) in [5.41, 5.74) is 0. The molecule has 0 aromatic carbocycles. The molecule has 154 valence electrons. The van der Waals surface area contributed by atoms with Crippen molar-refractivity contribution in [3.8, 4) is 0 Å². The molecule has 1 fully saturated rings. The quantitative estimate of drug-likeness (QED) is 0.385. The molecule has 0 saturated carbocycles. The number of hydrogen-bond acceptors (Lipinski definition) is 0. The molecule has 0 amide bonds. The van der Waals surface area contributed by atoms with Gasteiger partial charge in [-0.25, -0.2) is 0 Å². The van der Waals surface area contributed by atoms with E-state index in [4.69, 9.17) is 9.30 Å². The molecule has 1 heterocycles. The molecule has 0 aliphatic carbocycles. The molecule has 1 aliphatic heterocycles. The Morgan fingerprint density at radius 3 is 0.760 bits per heavy atom. The Kier molecular flexibility index (Phi) is 16.6. The van der Waals surface area contributed by atoms with Crippen LogP contribution < -0.4 is 0 Å². The van der Waals surface area contributed by atoms with E-state index in [9.17, 15) is 0 Å². The van der Waals surface area contributed by atoms with E-state index < -0.39 is 32.9 Å². The predicted octanol–water partition coefficient (Wildman–Crippen LogP) is 7.60. The van der Waals surface area contributed by atoms with Crippen molar-refractivity contribution in [3.05, 3.63) is 14.6 Å². The van der Waals surface area contributed by atoms with Crippen molar-refractivity contribution in [1.82, 2.24) is 0 Å². The van der Waals surface area contributed by atoms with E-state index in [0.717, 1.165) is 13.1 Å². The van der Waals surface area contributed by atoms with E-state index in [1.165, 1.54) is 19.3 Å². The third-order valence-corrected chi connectivity index (χ3v) is 13.2. The number of nitrogens with zero attached hydrogens (tertiary/aromatic N) is 3. The van der Waals surface area contributed by atoms with Gasteiger partial charge in [0.1, 0.15) is 0 Å². The zero-order chi connectivity index (χ0) is 19.7. The van der Waals surface area contributed by atoms with Gasteiger partial charge in [0.05, 0.1) is 0 Å². The summed E-state index contributed by atoms with van der Waals surface area (Å²) < 4.78 is 9.64. The second-order valence-corrected chi connectivity index (χ2v) is 29.8. The first kappa shape index (κ1) is 31.0. The van der Waals surface area contributed by atoms with Crippen molar-refractivity contribution in [2.24, 2.45) is 0 Å². The minimum absolute atomic E-state index is 0. The van der Waals surface area contributed by atoms with Gasteiger partial charge in [0.25, 0.3) is 0 Å².